The standard InChI is InChI=1S/C15H17N3O3/c1-17-14(20)11-5-4-9(7-12(11)15(17)21)13(19)18-6-2-3-10(16)8-18/h4-5,7,10H,2-3,6,8,16H2,1H3. The highest BCUT2D eigenvalue weighted by atomic mass is 16.2. The maximum absolute atomic E-state index is 12.5. The van der Waals surface area contributed by atoms with E-state index in [9.17, 15) is 14.4 Å². The molecule has 1 saturated heterocycles. The second-order valence-electron chi connectivity index (χ2n) is 5.58. The Bertz CT molecular complexity index is 641. The number of likely N-dealkylation sites (tertiary alicyclic amines) is 1. The summed E-state index contributed by atoms with van der Waals surface area (Å²) in [5, 5.41) is 0. The molecule has 1 unspecified atom stereocenters. The molecule has 6 nitrogen and oxygen atoms in total. The molecule has 0 bridgehead atoms. The summed E-state index contributed by atoms with van der Waals surface area (Å²) in [6.07, 6.45) is 1.81. The van der Waals surface area contributed by atoms with Gasteiger partial charge in [-0.15, -0.1) is 0 Å². The Morgan fingerprint density at radius 1 is 1.24 bits per heavy atom. The summed E-state index contributed by atoms with van der Waals surface area (Å²) in [6.45, 7) is 1.21. The number of imide groups is 1. The van der Waals surface area contributed by atoms with Crippen molar-refractivity contribution in [2.45, 2.75) is 18.9 Å². The van der Waals surface area contributed by atoms with Gasteiger partial charge < -0.3 is 10.6 Å². The fourth-order valence-electron chi connectivity index (χ4n) is 2.87. The van der Waals surface area contributed by atoms with Crippen LogP contribution in [0.4, 0.5) is 0 Å². The van der Waals surface area contributed by atoms with Crippen molar-refractivity contribution in [1.82, 2.24) is 9.80 Å². The average Bonchev–Trinajstić information content (AvgIpc) is 2.71. The monoisotopic (exact) mass is 287 g/mol. The van der Waals surface area contributed by atoms with E-state index in [2.05, 4.69) is 0 Å². The largest absolute Gasteiger partial charge is 0.337 e. The number of fused-ring (bicyclic) bond motifs is 1. The third-order valence-electron chi connectivity index (χ3n) is 4.08. The average molecular weight is 287 g/mol. The number of benzene rings is 1. The highest BCUT2D eigenvalue weighted by Gasteiger charge is 2.33. The summed E-state index contributed by atoms with van der Waals surface area (Å²) in [4.78, 5) is 39.0. The third-order valence-corrected chi connectivity index (χ3v) is 4.08. The van der Waals surface area contributed by atoms with Crippen molar-refractivity contribution in [3.05, 3.63) is 34.9 Å². The van der Waals surface area contributed by atoms with Gasteiger partial charge in [0.05, 0.1) is 11.1 Å². The Morgan fingerprint density at radius 3 is 2.67 bits per heavy atom. The summed E-state index contributed by atoms with van der Waals surface area (Å²) < 4.78 is 0. The van der Waals surface area contributed by atoms with Crippen LogP contribution in [0, 0.1) is 0 Å². The van der Waals surface area contributed by atoms with Gasteiger partial charge in [0, 0.05) is 31.7 Å². The highest BCUT2D eigenvalue weighted by Crippen LogP contribution is 2.23. The Hall–Kier alpha value is -2.21. The van der Waals surface area contributed by atoms with Crippen molar-refractivity contribution in [1.29, 1.82) is 0 Å². The molecule has 110 valence electrons. The molecule has 2 aliphatic heterocycles. The minimum atomic E-state index is -0.361. The number of rotatable bonds is 1. The number of nitrogens with zero attached hydrogens (tertiary/aromatic N) is 2. The number of carbonyl (C=O) groups excluding carboxylic acids is 3. The van der Waals surface area contributed by atoms with Crippen molar-refractivity contribution in [3.8, 4) is 0 Å². The predicted octanol–water partition coefficient (Wildman–Crippen LogP) is 0.476. The maximum atomic E-state index is 12.5. The summed E-state index contributed by atoms with van der Waals surface area (Å²) >= 11 is 0. The van der Waals surface area contributed by atoms with E-state index in [1.54, 1.807) is 17.0 Å². The van der Waals surface area contributed by atoms with E-state index in [0.717, 1.165) is 17.7 Å². The van der Waals surface area contributed by atoms with Crippen LogP contribution in [-0.2, 0) is 0 Å². The zero-order chi connectivity index (χ0) is 15.1. The van der Waals surface area contributed by atoms with Gasteiger partial charge in [-0.05, 0) is 31.0 Å². The SMILES string of the molecule is CN1C(=O)c2ccc(C(=O)N3CCCC(N)C3)cc2C1=O. The van der Waals surface area contributed by atoms with Gasteiger partial charge in [-0.1, -0.05) is 0 Å². The number of piperidine rings is 1. The number of hydrogen-bond acceptors (Lipinski definition) is 4. The zero-order valence-corrected chi connectivity index (χ0v) is 11.8. The van der Waals surface area contributed by atoms with Crippen molar-refractivity contribution in [3.63, 3.8) is 0 Å². The van der Waals surface area contributed by atoms with Crippen LogP contribution in [0.25, 0.3) is 0 Å². The van der Waals surface area contributed by atoms with E-state index in [1.807, 2.05) is 0 Å². The van der Waals surface area contributed by atoms with Crippen LogP contribution in [0.1, 0.15) is 43.9 Å². The number of nitrogens with two attached hydrogens (primary N) is 1. The van der Waals surface area contributed by atoms with E-state index in [1.165, 1.54) is 13.1 Å². The summed E-state index contributed by atoms with van der Waals surface area (Å²) in [7, 11) is 1.44. The molecule has 0 spiro atoms. The minimum absolute atomic E-state index is 0.00599. The van der Waals surface area contributed by atoms with Crippen molar-refractivity contribution in [2.24, 2.45) is 5.73 Å². The summed E-state index contributed by atoms with van der Waals surface area (Å²) in [5.74, 6) is -0.822. The lowest BCUT2D eigenvalue weighted by Crippen LogP contribution is -2.45. The molecule has 0 saturated carbocycles. The smallest absolute Gasteiger partial charge is 0.261 e. The summed E-state index contributed by atoms with van der Waals surface area (Å²) in [5.41, 5.74) is 6.98. The van der Waals surface area contributed by atoms with Crippen molar-refractivity contribution < 1.29 is 14.4 Å². The zero-order valence-electron chi connectivity index (χ0n) is 11.8. The molecule has 2 aliphatic rings. The lowest BCUT2D eigenvalue weighted by molar-refractivity contribution is 0.0690. The molecule has 1 fully saturated rings. The van der Waals surface area contributed by atoms with E-state index in [-0.39, 0.29) is 23.8 Å². The highest BCUT2D eigenvalue weighted by molar-refractivity contribution is 6.21. The third kappa shape index (κ3) is 2.21. The Labute approximate surface area is 122 Å². The first-order chi connectivity index (χ1) is 9.99. The van der Waals surface area contributed by atoms with Gasteiger partial charge in [0.2, 0.25) is 0 Å². The van der Waals surface area contributed by atoms with Gasteiger partial charge in [-0.2, -0.15) is 0 Å². The Kier molecular flexibility index (Phi) is 3.25. The lowest BCUT2D eigenvalue weighted by atomic mass is 10.0. The van der Waals surface area contributed by atoms with Crippen LogP contribution in [0.15, 0.2) is 18.2 Å². The first-order valence-electron chi connectivity index (χ1n) is 7.00. The van der Waals surface area contributed by atoms with E-state index < -0.39 is 0 Å². The molecule has 0 aromatic heterocycles. The van der Waals surface area contributed by atoms with Gasteiger partial charge in [-0.3, -0.25) is 19.3 Å². The molecule has 1 aromatic rings. The van der Waals surface area contributed by atoms with Gasteiger partial charge in [0.25, 0.3) is 17.7 Å². The van der Waals surface area contributed by atoms with Crippen LogP contribution in [0.5, 0.6) is 0 Å². The molecule has 3 rings (SSSR count). The number of carbonyl (C=O) groups is 3. The molecule has 2 N–H and O–H groups in total. The molecular weight excluding hydrogens is 270 g/mol. The predicted molar refractivity (Wildman–Crippen MR) is 76.0 cm³/mol. The fraction of sp³-hybridized carbons (Fsp3) is 0.400. The van der Waals surface area contributed by atoms with Crippen LogP contribution in [0.2, 0.25) is 0 Å². The van der Waals surface area contributed by atoms with Gasteiger partial charge in [0.1, 0.15) is 0 Å². The second-order valence-corrected chi connectivity index (χ2v) is 5.58. The van der Waals surface area contributed by atoms with Crippen LogP contribution in [0.3, 0.4) is 0 Å². The number of amides is 3. The van der Waals surface area contributed by atoms with Gasteiger partial charge >= 0.3 is 0 Å². The van der Waals surface area contributed by atoms with Crippen LogP contribution < -0.4 is 5.73 Å². The summed E-state index contributed by atoms with van der Waals surface area (Å²) in [6, 6.07) is 4.68. The molecule has 1 aromatic carbocycles. The van der Waals surface area contributed by atoms with Crippen LogP contribution in [-0.4, -0.2) is 53.7 Å². The molecule has 21 heavy (non-hydrogen) atoms. The van der Waals surface area contributed by atoms with Gasteiger partial charge in [-0.25, -0.2) is 0 Å². The van der Waals surface area contributed by atoms with E-state index in [0.29, 0.717) is 29.8 Å². The lowest BCUT2D eigenvalue weighted by Gasteiger charge is -2.30. The fourth-order valence-corrected chi connectivity index (χ4v) is 2.87. The molecule has 0 radical (unpaired) electrons. The van der Waals surface area contributed by atoms with E-state index in [4.69, 9.17) is 5.73 Å². The second kappa shape index (κ2) is 4.96. The minimum Gasteiger partial charge on any atom is -0.337 e. The molecule has 0 aliphatic carbocycles. The first kappa shape index (κ1) is 13.8. The molecule has 6 heteroatoms. The van der Waals surface area contributed by atoms with Crippen molar-refractivity contribution in [2.75, 3.05) is 20.1 Å². The van der Waals surface area contributed by atoms with Crippen molar-refractivity contribution >= 4 is 17.7 Å². The molecule has 2 heterocycles. The Morgan fingerprint density at radius 2 is 1.95 bits per heavy atom. The normalized spacial score (nSPS) is 21.7. The first-order valence-corrected chi connectivity index (χ1v) is 7.00. The molecular formula is C15H17N3O3. The maximum Gasteiger partial charge on any atom is 0.261 e. The quantitative estimate of drug-likeness (QED) is 0.761. The van der Waals surface area contributed by atoms with E-state index >= 15 is 0 Å². The van der Waals surface area contributed by atoms with Gasteiger partial charge in [0.15, 0.2) is 0 Å². The number of hydrogen-bond donors (Lipinski definition) is 1. The Balaban J connectivity index is 1.89. The topological polar surface area (TPSA) is 83.7 Å². The molecule has 3 amide bonds. The molecule has 1 atom stereocenters. The van der Waals surface area contributed by atoms with Crippen LogP contribution >= 0.6 is 0 Å².